The zero-order chi connectivity index (χ0) is 25.4. The molecule has 184 valence electrons. The van der Waals surface area contributed by atoms with Gasteiger partial charge in [-0.1, -0.05) is 6.07 Å². The Bertz CT molecular complexity index is 1270. The lowest BCUT2D eigenvalue weighted by molar-refractivity contribution is -0.139. The highest BCUT2D eigenvalue weighted by Crippen LogP contribution is 2.15. The molecule has 35 heavy (non-hydrogen) atoms. The van der Waals surface area contributed by atoms with Gasteiger partial charge in [-0.2, -0.15) is 0 Å². The van der Waals surface area contributed by atoms with E-state index in [4.69, 9.17) is 11.5 Å². The van der Waals surface area contributed by atoms with Crippen LogP contribution in [0.4, 0.5) is 11.6 Å². The van der Waals surface area contributed by atoms with Crippen molar-refractivity contribution in [1.29, 1.82) is 0 Å². The molecule has 1 atom stereocenters. The lowest BCUT2D eigenvalue weighted by Crippen LogP contribution is -2.41. The highest BCUT2D eigenvalue weighted by molar-refractivity contribution is 5.97. The number of fused-ring (bicyclic) bond motifs is 1. The van der Waals surface area contributed by atoms with Crippen LogP contribution in [0.1, 0.15) is 28.8 Å². The predicted octanol–water partition coefficient (Wildman–Crippen LogP) is 0.156. The Morgan fingerprint density at radius 1 is 1.11 bits per heavy atom. The molecular weight excluding hydrogens is 454 g/mol. The van der Waals surface area contributed by atoms with E-state index in [0.29, 0.717) is 24.0 Å². The summed E-state index contributed by atoms with van der Waals surface area (Å²) in [6.07, 6.45) is -0.0992. The molecule has 0 bridgehead atoms. The molecule has 0 fully saturated rings. The number of anilines is 2. The van der Waals surface area contributed by atoms with Gasteiger partial charge in [0.1, 0.15) is 6.04 Å². The van der Waals surface area contributed by atoms with Crippen molar-refractivity contribution in [2.24, 2.45) is 5.73 Å². The first-order valence-corrected chi connectivity index (χ1v) is 10.9. The van der Waals surface area contributed by atoms with E-state index in [2.05, 4.69) is 25.9 Å². The van der Waals surface area contributed by atoms with E-state index in [1.165, 1.54) is 0 Å². The number of nitrogens with zero attached hydrogens (tertiary/aromatic N) is 1. The van der Waals surface area contributed by atoms with Crippen LogP contribution in [-0.2, 0) is 16.1 Å². The largest absolute Gasteiger partial charge is 0.480 e. The van der Waals surface area contributed by atoms with E-state index in [1.807, 2.05) is 6.07 Å². The number of aliphatic carboxylic acids is 1. The van der Waals surface area contributed by atoms with E-state index >= 15 is 0 Å². The molecule has 2 aromatic carbocycles. The summed E-state index contributed by atoms with van der Waals surface area (Å²) in [5.41, 5.74) is 12.9. The molecule has 3 aromatic rings. The van der Waals surface area contributed by atoms with E-state index in [-0.39, 0.29) is 42.4 Å². The number of nitrogens with one attached hydrogen (secondary N) is 4. The number of rotatable bonds is 11. The number of nitrogen functional groups attached to an aromatic ring is 1. The third-order valence-corrected chi connectivity index (χ3v) is 5.16. The fraction of sp³-hybridized carbons (Fsp3) is 0.261. The van der Waals surface area contributed by atoms with Crippen molar-refractivity contribution in [3.63, 3.8) is 0 Å². The summed E-state index contributed by atoms with van der Waals surface area (Å²) in [6.45, 7) is 0.998. The molecule has 0 saturated heterocycles. The Labute approximate surface area is 200 Å². The SMILES string of the molecule is NCCNC(=O)CC[C@H](NC(=O)c1ccc(NCc2ccc3nc(N)[nH]c(=O)c3c2)cc1)C(=O)O. The maximum Gasteiger partial charge on any atom is 0.326 e. The molecule has 1 aromatic heterocycles. The van der Waals surface area contributed by atoms with Crippen LogP contribution in [0.15, 0.2) is 47.3 Å². The van der Waals surface area contributed by atoms with Crippen molar-refractivity contribution < 1.29 is 19.5 Å². The van der Waals surface area contributed by atoms with Gasteiger partial charge < -0.3 is 32.5 Å². The molecule has 2 amide bonds. The van der Waals surface area contributed by atoms with Crippen molar-refractivity contribution in [1.82, 2.24) is 20.6 Å². The molecule has 1 heterocycles. The minimum absolute atomic E-state index is 0.0478. The number of carboxylic acid groups (broad SMARTS) is 1. The fourth-order valence-electron chi connectivity index (χ4n) is 3.33. The molecular formula is C23H27N7O5. The fourth-order valence-corrected chi connectivity index (χ4v) is 3.33. The third kappa shape index (κ3) is 7.01. The first kappa shape index (κ1) is 25.2. The van der Waals surface area contributed by atoms with Crippen LogP contribution in [0.5, 0.6) is 0 Å². The van der Waals surface area contributed by atoms with Crippen molar-refractivity contribution in [3.8, 4) is 0 Å². The maximum atomic E-state index is 12.5. The van der Waals surface area contributed by atoms with Crippen LogP contribution < -0.4 is 33.0 Å². The molecule has 9 N–H and O–H groups in total. The molecule has 0 radical (unpaired) electrons. The summed E-state index contributed by atoms with van der Waals surface area (Å²) in [5, 5.41) is 18.0. The van der Waals surface area contributed by atoms with E-state index < -0.39 is 17.9 Å². The molecule has 0 unspecified atom stereocenters. The zero-order valence-corrected chi connectivity index (χ0v) is 18.8. The van der Waals surface area contributed by atoms with E-state index in [9.17, 15) is 24.3 Å². The summed E-state index contributed by atoms with van der Waals surface area (Å²) >= 11 is 0. The predicted molar refractivity (Wildman–Crippen MR) is 131 cm³/mol. The number of carboxylic acids is 1. The third-order valence-electron chi connectivity index (χ3n) is 5.16. The highest BCUT2D eigenvalue weighted by atomic mass is 16.4. The second-order valence-electron chi connectivity index (χ2n) is 7.78. The number of carbonyl (C=O) groups excluding carboxylic acids is 2. The van der Waals surface area contributed by atoms with Crippen LogP contribution in [0, 0.1) is 0 Å². The molecule has 12 heteroatoms. The van der Waals surface area contributed by atoms with Crippen molar-refractivity contribution in [2.45, 2.75) is 25.4 Å². The lowest BCUT2D eigenvalue weighted by atomic mass is 10.1. The number of hydrogen-bond donors (Lipinski definition) is 7. The Morgan fingerprint density at radius 3 is 2.54 bits per heavy atom. The first-order chi connectivity index (χ1) is 16.8. The van der Waals surface area contributed by atoms with Gasteiger partial charge in [0.25, 0.3) is 11.5 Å². The van der Waals surface area contributed by atoms with Crippen LogP contribution in [0.3, 0.4) is 0 Å². The number of nitrogens with two attached hydrogens (primary N) is 2. The van der Waals surface area contributed by atoms with Gasteiger partial charge >= 0.3 is 5.97 Å². The molecule has 12 nitrogen and oxygen atoms in total. The number of hydrogen-bond acceptors (Lipinski definition) is 8. The summed E-state index contributed by atoms with van der Waals surface area (Å²) in [7, 11) is 0. The summed E-state index contributed by atoms with van der Waals surface area (Å²) in [4.78, 5) is 54.3. The second-order valence-corrected chi connectivity index (χ2v) is 7.78. The van der Waals surface area contributed by atoms with Gasteiger partial charge in [-0.3, -0.25) is 19.4 Å². The monoisotopic (exact) mass is 481 g/mol. The average Bonchev–Trinajstić information content (AvgIpc) is 2.84. The summed E-state index contributed by atoms with van der Waals surface area (Å²) < 4.78 is 0. The smallest absolute Gasteiger partial charge is 0.326 e. The molecule has 0 spiro atoms. The van der Waals surface area contributed by atoms with Gasteiger partial charge in [-0.05, 0) is 48.4 Å². The van der Waals surface area contributed by atoms with Crippen molar-refractivity contribution in [3.05, 3.63) is 63.9 Å². The number of amides is 2. The Balaban J connectivity index is 1.57. The van der Waals surface area contributed by atoms with Gasteiger partial charge in [-0.25, -0.2) is 9.78 Å². The average molecular weight is 482 g/mol. The Kier molecular flexibility index (Phi) is 8.35. The number of aromatic nitrogens is 2. The maximum absolute atomic E-state index is 12.5. The lowest BCUT2D eigenvalue weighted by Gasteiger charge is -2.15. The van der Waals surface area contributed by atoms with Gasteiger partial charge in [0.05, 0.1) is 10.9 Å². The zero-order valence-electron chi connectivity index (χ0n) is 18.8. The van der Waals surface area contributed by atoms with E-state index in [0.717, 1.165) is 11.3 Å². The van der Waals surface area contributed by atoms with Crippen molar-refractivity contribution in [2.75, 3.05) is 24.1 Å². The normalized spacial score (nSPS) is 11.6. The number of aromatic amines is 1. The van der Waals surface area contributed by atoms with Gasteiger partial charge in [0.2, 0.25) is 11.9 Å². The topological polar surface area (TPSA) is 205 Å². The minimum Gasteiger partial charge on any atom is -0.480 e. The molecule has 0 aliphatic heterocycles. The van der Waals surface area contributed by atoms with Crippen LogP contribution in [0.2, 0.25) is 0 Å². The van der Waals surface area contributed by atoms with Crippen LogP contribution in [-0.4, -0.2) is 52.0 Å². The molecule has 0 saturated carbocycles. The van der Waals surface area contributed by atoms with Crippen molar-refractivity contribution >= 4 is 40.3 Å². The number of benzene rings is 2. The molecule has 3 rings (SSSR count). The minimum atomic E-state index is -1.23. The quantitative estimate of drug-likeness (QED) is 0.199. The Morgan fingerprint density at radius 2 is 1.86 bits per heavy atom. The molecule has 0 aliphatic rings. The number of H-pyrrole nitrogens is 1. The van der Waals surface area contributed by atoms with E-state index in [1.54, 1.807) is 36.4 Å². The standard InChI is InChI=1S/C23H27N7O5/c24-9-10-26-19(31)8-7-18(22(34)35)28-20(32)14-2-4-15(5-3-14)27-12-13-1-6-17-16(11-13)21(33)30-23(25)29-17/h1-6,11,18,27H,7-10,12,24H2,(H,26,31)(H,28,32)(H,34,35)(H3,25,29,30,33)/t18-/m0/s1. The summed E-state index contributed by atoms with van der Waals surface area (Å²) in [5.74, 6) is -2.06. The van der Waals surface area contributed by atoms with Gasteiger partial charge in [0, 0.05) is 37.3 Å². The van der Waals surface area contributed by atoms with Gasteiger partial charge in [-0.15, -0.1) is 0 Å². The van der Waals surface area contributed by atoms with Crippen LogP contribution in [0.25, 0.3) is 10.9 Å². The Hall–Kier alpha value is -4.45. The highest BCUT2D eigenvalue weighted by Gasteiger charge is 2.21. The second kappa shape index (κ2) is 11.6. The van der Waals surface area contributed by atoms with Crippen LogP contribution >= 0.6 is 0 Å². The summed E-state index contributed by atoms with van der Waals surface area (Å²) in [6, 6.07) is 10.5. The number of carbonyl (C=O) groups is 3. The first-order valence-electron chi connectivity index (χ1n) is 10.9. The van der Waals surface area contributed by atoms with Gasteiger partial charge in [0.15, 0.2) is 0 Å². The molecule has 0 aliphatic carbocycles.